The molecule has 0 unspecified atom stereocenters. The van der Waals surface area contributed by atoms with Crippen molar-refractivity contribution >= 4 is 6.03 Å². The van der Waals surface area contributed by atoms with Crippen molar-refractivity contribution in [2.24, 2.45) is 0 Å². The molecule has 5 heteroatoms. The van der Waals surface area contributed by atoms with Crippen LogP contribution in [0, 0.1) is 0 Å². The van der Waals surface area contributed by atoms with Gasteiger partial charge in [-0.05, 0) is 36.5 Å². The molecule has 1 aromatic rings. The first-order chi connectivity index (χ1) is 11.5. The molecule has 0 radical (unpaired) electrons. The zero-order chi connectivity index (χ0) is 17.1. The summed E-state index contributed by atoms with van der Waals surface area (Å²) in [7, 11) is 5.56. The average molecular weight is 331 g/mol. The van der Waals surface area contributed by atoms with Gasteiger partial charge in [0, 0.05) is 53.2 Å². The maximum Gasteiger partial charge on any atom is 0.319 e. The fourth-order valence-electron chi connectivity index (χ4n) is 3.68. The number of fused-ring (bicyclic) bond motifs is 1. The zero-order valence-electron chi connectivity index (χ0n) is 15.1. The Bertz CT molecular complexity index is 580. The molecule has 0 spiro atoms. The van der Waals surface area contributed by atoms with Gasteiger partial charge in [0.1, 0.15) is 5.75 Å². The number of ether oxygens (including phenoxy) is 1. The van der Waals surface area contributed by atoms with Gasteiger partial charge >= 0.3 is 6.03 Å². The highest BCUT2D eigenvalue weighted by atomic mass is 16.5. The summed E-state index contributed by atoms with van der Waals surface area (Å²) in [5, 5.41) is 0. The third kappa shape index (κ3) is 3.83. The van der Waals surface area contributed by atoms with Crippen molar-refractivity contribution in [1.82, 2.24) is 14.7 Å². The van der Waals surface area contributed by atoms with Crippen molar-refractivity contribution in [2.45, 2.75) is 31.7 Å². The van der Waals surface area contributed by atoms with Crippen molar-refractivity contribution in [1.29, 1.82) is 0 Å². The van der Waals surface area contributed by atoms with Crippen molar-refractivity contribution < 1.29 is 9.53 Å². The van der Waals surface area contributed by atoms with Gasteiger partial charge in [-0.2, -0.15) is 0 Å². The maximum atomic E-state index is 12.1. The number of benzene rings is 1. The lowest BCUT2D eigenvalue weighted by molar-refractivity contribution is 0.121. The predicted molar refractivity (Wildman–Crippen MR) is 95.7 cm³/mol. The summed E-state index contributed by atoms with van der Waals surface area (Å²) in [5.41, 5.74) is 2.76. The number of piperidine rings is 1. The molecule has 1 aromatic carbocycles. The topological polar surface area (TPSA) is 36.0 Å². The van der Waals surface area contributed by atoms with E-state index in [0.717, 1.165) is 57.7 Å². The molecule has 1 fully saturated rings. The number of carbonyl (C=O) groups excluding carboxylic acids is 1. The average Bonchev–Trinajstić information content (AvgIpc) is 3.06. The smallest absolute Gasteiger partial charge is 0.319 e. The van der Waals surface area contributed by atoms with Gasteiger partial charge in [-0.15, -0.1) is 0 Å². The second-order valence-electron chi connectivity index (χ2n) is 7.15. The molecule has 2 amide bonds. The Morgan fingerprint density at radius 3 is 2.71 bits per heavy atom. The van der Waals surface area contributed by atoms with E-state index in [0.29, 0.717) is 6.04 Å². The Hall–Kier alpha value is -1.75. The van der Waals surface area contributed by atoms with Crippen LogP contribution in [0.15, 0.2) is 18.2 Å². The largest absolute Gasteiger partial charge is 0.493 e. The quantitative estimate of drug-likeness (QED) is 0.849. The van der Waals surface area contributed by atoms with Crippen LogP contribution >= 0.6 is 0 Å². The molecule has 2 aliphatic rings. The van der Waals surface area contributed by atoms with E-state index in [1.807, 2.05) is 26.0 Å². The monoisotopic (exact) mass is 331 g/mol. The van der Waals surface area contributed by atoms with Crippen LogP contribution < -0.4 is 4.74 Å². The molecule has 0 saturated carbocycles. The number of hydrogen-bond acceptors (Lipinski definition) is 3. The number of carbonyl (C=O) groups is 1. The minimum absolute atomic E-state index is 0.105. The van der Waals surface area contributed by atoms with Crippen LogP contribution in [0.5, 0.6) is 5.75 Å². The standard InChI is InChI=1S/C19H29N3O2/c1-20(2)19(23)21(3)17-7-11-22(12-8-17)10-6-15-4-5-18-16(14-15)9-13-24-18/h4-5,14,17H,6-13H2,1-3H3. The van der Waals surface area contributed by atoms with E-state index >= 15 is 0 Å². The molecule has 3 rings (SSSR count). The van der Waals surface area contributed by atoms with Crippen molar-refractivity contribution in [3.05, 3.63) is 29.3 Å². The molecule has 5 nitrogen and oxygen atoms in total. The first-order valence-electron chi connectivity index (χ1n) is 8.95. The first kappa shape index (κ1) is 17.1. The molecular weight excluding hydrogens is 302 g/mol. The van der Waals surface area contributed by atoms with E-state index in [1.165, 1.54) is 11.1 Å². The minimum atomic E-state index is 0.105. The first-order valence-corrected chi connectivity index (χ1v) is 8.95. The number of rotatable bonds is 4. The fourth-order valence-corrected chi connectivity index (χ4v) is 3.68. The van der Waals surface area contributed by atoms with Gasteiger partial charge in [-0.1, -0.05) is 12.1 Å². The van der Waals surface area contributed by atoms with E-state index in [4.69, 9.17) is 4.74 Å². The van der Waals surface area contributed by atoms with Crippen molar-refractivity contribution in [3.8, 4) is 5.75 Å². The van der Waals surface area contributed by atoms with Gasteiger partial charge in [0.15, 0.2) is 0 Å². The van der Waals surface area contributed by atoms with Gasteiger partial charge in [0.05, 0.1) is 6.61 Å². The van der Waals surface area contributed by atoms with E-state index < -0.39 is 0 Å². The van der Waals surface area contributed by atoms with E-state index in [1.54, 1.807) is 4.90 Å². The van der Waals surface area contributed by atoms with E-state index in [9.17, 15) is 4.79 Å². The fraction of sp³-hybridized carbons (Fsp3) is 0.632. The minimum Gasteiger partial charge on any atom is -0.493 e. The Kier molecular flexibility index (Phi) is 5.29. The Morgan fingerprint density at radius 2 is 2.00 bits per heavy atom. The molecular formula is C19H29N3O2. The summed E-state index contributed by atoms with van der Waals surface area (Å²) >= 11 is 0. The van der Waals surface area contributed by atoms with Crippen LogP contribution in [0.1, 0.15) is 24.0 Å². The summed E-state index contributed by atoms with van der Waals surface area (Å²) in [6.07, 6.45) is 4.26. The van der Waals surface area contributed by atoms with Crippen LogP contribution in [0.3, 0.4) is 0 Å². The van der Waals surface area contributed by atoms with Gasteiger partial charge in [-0.3, -0.25) is 0 Å². The van der Waals surface area contributed by atoms with Crippen LogP contribution in [0.4, 0.5) is 4.79 Å². The van der Waals surface area contributed by atoms with Crippen molar-refractivity contribution in [3.63, 3.8) is 0 Å². The molecule has 0 bridgehead atoms. The number of hydrogen-bond donors (Lipinski definition) is 0. The normalized spacial score (nSPS) is 18.1. The number of likely N-dealkylation sites (tertiary alicyclic amines) is 1. The van der Waals surface area contributed by atoms with E-state index in [-0.39, 0.29) is 6.03 Å². The van der Waals surface area contributed by atoms with Gasteiger partial charge in [0.25, 0.3) is 0 Å². The molecule has 0 aromatic heterocycles. The molecule has 0 N–H and O–H groups in total. The molecule has 0 aliphatic carbocycles. The summed E-state index contributed by atoms with van der Waals surface area (Å²) in [5.74, 6) is 1.06. The molecule has 2 aliphatic heterocycles. The lowest BCUT2D eigenvalue weighted by Crippen LogP contribution is -2.48. The second-order valence-corrected chi connectivity index (χ2v) is 7.15. The van der Waals surface area contributed by atoms with Gasteiger partial charge in [-0.25, -0.2) is 4.79 Å². The molecule has 132 valence electrons. The SMILES string of the molecule is CN(C)C(=O)N(C)C1CCN(CCc2ccc3c(c2)CCO3)CC1. The Balaban J connectivity index is 1.45. The number of amides is 2. The lowest BCUT2D eigenvalue weighted by Gasteiger charge is -2.37. The molecule has 24 heavy (non-hydrogen) atoms. The van der Waals surface area contributed by atoms with Gasteiger partial charge in [0.2, 0.25) is 0 Å². The number of nitrogens with zero attached hydrogens (tertiary/aromatic N) is 3. The Labute approximate surface area is 145 Å². The second kappa shape index (κ2) is 7.43. The Morgan fingerprint density at radius 1 is 1.25 bits per heavy atom. The van der Waals surface area contributed by atoms with E-state index in [2.05, 4.69) is 23.1 Å². The molecule has 2 heterocycles. The third-order valence-electron chi connectivity index (χ3n) is 5.26. The van der Waals surface area contributed by atoms with Crippen LogP contribution in [-0.2, 0) is 12.8 Å². The number of urea groups is 1. The third-order valence-corrected chi connectivity index (χ3v) is 5.26. The highest BCUT2D eigenvalue weighted by molar-refractivity contribution is 5.73. The highest BCUT2D eigenvalue weighted by Crippen LogP contribution is 2.26. The maximum absolute atomic E-state index is 12.1. The van der Waals surface area contributed by atoms with Crippen LogP contribution in [-0.4, -0.2) is 74.2 Å². The van der Waals surface area contributed by atoms with Crippen molar-refractivity contribution in [2.75, 3.05) is 47.4 Å². The lowest BCUT2D eigenvalue weighted by atomic mass is 10.0. The summed E-state index contributed by atoms with van der Waals surface area (Å²) in [6.45, 7) is 4.07. The molecule has 0 atom stereocenters. The summed E-state index contributed by atoms with van der Waals surface area (Å²) < 4.78 is 5.57. The highest BCUT2D eigenvalue weighted by Gasteiger charge is 2.26. The van der Waals surface area contributed by atoms with Gasteiger partial charge < -0.3 is 19.4 Å². The predicted octanol–water partition coefficient (Wildman–Crippen LogP) is 2.24. The van der Waals surface area contributed by atoms with Crippen LogP contribution in [0.25, 0.3) is 0 Å². The molecule has 1 saturated heterocycles. The summed E-state index contributed by atoms with van der Waals surface area (Å²) in [4.78, 5) is 18.1. The zero-order valence-corrected chi connectivity index (χ0v) is 15.1. The van der Waals surface area contributed by atoms with Crippen LogP contribution in [0.2, 0.25) is 0 Å². The summed E-state index contributed by atoms with van der Waals surface area (Å²) in [6, 6.07) is 7.09.